The Morgan fingerprint density at radius 3 is 3.17 bits per heavy atom. The number of nitrogens with one attached hydrogen (secondary N) is 1. The van der Waals surface area contributed by atoms with Gasteiger partial charge >= 0.3 is 6.09 Å². The molecule has 0 bridgehead atoms. The van der Waals surface area contributed by atoms with Crippen molar-refractivity contribution in [2.45, 2.75) is 0 Å². The Kier molecular flexibility index (Phi) is 3.35. The summed E-state index contributed by atoms with van der Waals surface area (Å²) in [7, 11) is 0. The first-order valence-electron chi connectivity index (χ1n) is 3.22. The molecule has 0 saturated heterocycles. The van der Waals surface area contributed by atoms with Gasteiger partial charge in [0, 0.05) is 6.20 Å². The minimum absolute atomic E-state index is 0.161. The van der Waals surface area contributed by atoms with E-state index >= 15 is 0 Å². The smallest absolute Gasteiger partial charge is 0.412 e. The number of ether oxygens (including phenoxy) is 1. The van der Waals surface area contributed by atoms with Crippen molar-refractivity contribution in [3.8, 4) is 0 Å². The van der Waals surface area contributed by atoms with Gasteiger partial charge in [-0.05, 0) is 12.1 Å². The molecule has 1 heterocycles. The second-order valence-corrected chi connectivity index (χ2v) is 2.13. The topological polar surface area (TPSA) is 51.2 Å². The fraction of sp³-hybridized carbons (Fsp3) is 0.143. The number of carbonyl (C=O) groups is 1. The number of halogens is 1. The normalized spacial score (nSPS) is 9.08. The average Bonchev–Trinajstić information content (AvgIpc) is 2.06. The van der Waals surface area contributed by atoms with Crippen molar-refractivity contribution in [2.24, 2.45) is 0 Å². The van der Waals surface area contributed by atoms with Gasteiger partial charge in [-0.25, -0.2) is 4.79 Å². The molecule has 1 N–H and O–H groups in total. The van der Waals surface area contributed by atoms with E-state index in [4.69, 9.17) is 11.6 Å². The molecule has 4 nitrogen and oxygen atoms in total. The molecule has 0 fully saturated rings. The van der Waals surface area contributed by atoms with Gasteiger partial charge < -0.3 is 4.74 Å². The van der Waals surface area contributed by atoms with Crippen LogP contribution in [-0.2, 0) is 4.74 Å². The van der Waals surface area contributed by atoms with E-state index in [9.17, 15) is 4.79 Å². The van der Waals surface area contributed by atoms with Gasteiger partial charge in [0.25, 0.3) is 0 Å². The molecule has 0 saturated carbocycles. The lowest BCUT2D eigenvalue weighted by atomic mass is 10.4. The predicted molar refractivity (Wildman–Crippen MR) is 45.1 cm³/mol. The summed E-state index contributed by atoms with van der Waals surface area (Å²) in [5, 5.41) is 2.43. The van der Waals surface area contributed by atoms with Crippen LogP contribution < -0.4 is 5.32 Å². The minimum atomic E-state index is -0.585. The van der Waals surface area contributed by atoms with Gasteiger partial charge in [-0.3, -0.25) is 10.3 Å². The number of pyridine rings is 1. The third-order valence-electron chi connectivity index (χ3n) is 1.09. The van der Waals surface area contributed by atoms with E-state index in [0.29, 0.717) is 5.69 Å². The number of aromatic nitrogens is 1. The lowest BCUT2D eigenvalue weighted by molar-refractivity contribution is 0.180. The molecular weight excluding hydrogens is 180 g/mol. The van der Waals surface area contributed by atoms with Crippen molar-refractivity contribution in [3.63, 3.8) is 0 Å². The zero-order valence-electron chi connectivity index (χ0n) is 6.16. The summed E-state index contributed by atoms with van der Waals surface area (Å²) >= 11 is 5.16. The molecular formula is C7H7ClN2O2. The number of rotatable bonds is 2. The van der Waals surface area contributed by atoms with Gasteiger partial charge in [-0.1, -0.05) is 11.6 Å². The Labute approximate surface area is 74.5 Å². The predicted octanol–water partition coefficient (Wildman–Crippen LogP) is 1.83. The Morgan fingerprint density at radius 1 is 1.75 bits per heavy atom. The van der Waals surface area contributed by atoms with E-state index in [1.54, 1.807) is 18.3 Å². The number of carbonyl (C=O) groups excluding carboxylic acids is 1. The Morgan fingerprint density at radius 2 is 2.58 bits per heavy atom. The van der Waals surface area contributed by atoms with Crippen molar-refractivity contribution in [2.75, 3.05) is 11.4 Å². The van der Waals surface area contributed by atoms with E-state index in [2.05, 4.69) is 15.0 Å². The second-order valence-electron chi connectivity index (χ2n) is 1.91. The van der Waals surface area contributed by atoms with E-state index in [1.807, 2.05) is 0 Å². The first-order valence-corrected chi connectivity index (χ1v) is 3.76. The molecule has 0 aliphatic rings. The van der Waals surface area contributed by atoms with E-state index in [0.717, 1.165) is 0 Å². The molecule has 12 heavy (non-hydrogen) atoms. The zero-order valence-corrected chi connectivity index (χ0v) is 6.91. The summed E-state index contributed by atoms with van der Waals surface area (Å²) in [4.78, 5) is 14.6. The largest absolute Gasteiger partial charge is 0.433 e. The molecule has 0 aromatic carbocycles. The van der Waals surface area contributed by atoms with Crippen LogP contribution >= 0.6 is 11.6 Å². The highest BCUT2D eigenvalue weighted by molar-refractivity contribution is 6.17. The molecule has 0 unspecified atom stereocenters. The molecule has 0 spiro atoms. The maximum Gasteiger partial charge on any atom is 0.412 e. The van der Waals surface area contributed by atoms with Gasteiger partial charge in [0.2, 0.25) is 0 Å². The van der Waals surface area contributed by atoms with Crippen molar-refractivity contribution >= 4 is 23.4 Å². The van der Waals surface area contributed by atoms with Gasteiger partial charge in [-0.15, -0.1) is 0 Å². The molecule has 64 valence electrons. The molecule has 1 amide bonds. The quantitative estimate of drug-likeness (QED) is 0.717. The molecule has 1 aromatic rings. The monoisotopic (exact) mass is 186 g/mol. The van der Waals surface area contributed by atoms with E-state index in [1.165, 1.54) is 6.20 Å². The van der Waals surface area contributed by atoms with Crippen LogP contribution in [-0.4, -0.2) is 17.1 Å². The van der Waals surface area contributed by atoms with Crippen LogP contribution in [0.5, 0.6) is 0 Å². The molecule has 0 radical (unpaired) electrons. The highest BCUT2D eigenvalue weighted by atomic mass is 35.5. The van der Waals surface area contributed by atoms with Crippen molar-refractivity contribution in [3.05, 3.63) is 24.5 Å². The standard InChI is InChI=1S/C7H7ClN2O2/c8-5-12-7(11)10-6-2-1-3-9-4-6/h1-4H,5H2,(H,10,11). The number of alkyl halides is 1. The third-order valence-corrected chi connectivity index (χ3v) is 1.20. The first kappa shape index (κ1) is 8.80. The first-order chi connectivity index (χ1) is 5.83. The molecule has 1 rings (SSSR count). The van der Waals surface area contributed by atoms with Crippen molar-refractivity contribution in [1.29, 1.82) is 0 Å². The summed E-state index contributed by atoms with van der Waals surface area (Å²) in [6.45, 7) is 0. The lowest BCUT2D eigenvalue weighted by Crippen LogP contribution is -2.12. The van der Waals surface area contributed by atoms with Crippen LogP contribution in [0.15, 0.2) is 24.5 Å². The maximum absolute atomic E-state index is 10.8. The minimum Gasteiger partial charge on any atom is -0.433 e. The number of amides is 1. The van der Waals surface area contributed by atoms with Gasteiger partial charge in [-0.2, -0.15) is 0 Å². The van der Waals surface area contributed by atoms with Gasteiger partial charge in [0.1, 0.15) is 0 Å². The summed E-state index contributed by atoms with van der Waals surface area (Å²) in [5.74, 6) is 0. The zero-order chi connectivity index (χ0) is 8.81. The summed E-state index contributed by atoms with van der Waals surface area (Å²) < 4.78 is 4.43. The van der Waals surface area contributed by atoms with Crippen LogP contribution in [0.4, 0.5) is 10.5 Å². The maximum atomic E-state index is 10.8. The van der Waals surface area contributed by atoms with Gasteiger partial charge in [0.05, 0.1) is 11.9 Å². The SMILES string of the molecule is O=C(Nc1cccnc1)OCCl. The van der Waals surface area contributed by atoms with Crippen LogP contribution in [0, 0.1) is 0 Å². The third kappa shape index (κ3) is 2.75. The molecule has 0 aliphatic carbocycles. The van der Waals surface area contributed by atoms with Crippen LogP contribution in [0.25, 0.3) is 0 Å². The number of hydrogen-bond acceptors (Lipinski definition) is 3. The fourth-order valence-corrected chi connectivity index (χ4v) is 0.739. The van der Waals surface area contributed by atoms with E-state index < -0.39 is 6.09 Å². The Bertz CT molecular complexity index is 253. The van der Waals surface area contributed by atoms with Gasteiger partial charge in [0.15, 0.2) is 6.07 Å². The van der Waals surface area contributed by atoms with E-state index in [-0.39, 0.29) is 6.07 Å². The molecule has 0 atom stereocenters. The number of anilines is 1. The van der Waals surface area contributed by atoms with Crippen LogP contribution in [0.1, 0.15) is 0 Å². The fourth-order valence-electron chi connectivity index (χ4n) is 0.640. The number of nitrogens with zero attached hydrogens (tertiary/aromatic N) is 1. The number of hydrogen-bond donors (Lipinski definition) is 1. The van der Waals surface area contributed by atoms with Crippen LogP contribution in [0.2, 0.25) is 0 Å². The summed E-state index contributed by atoms with van der Waals surface area (Å²) in [6.07, 6.45) is 2.53. The highest BCUT2D eigenvalue weighted by Gasteiger charge is 1.99. The average molecular weight is 187 g/mol. The Balaban J connectivity index is 2.47. The second kappa shape index (κ2) is 4.56. The summed E-state index contributed by atoms with van der Waals surface area (Å²) in [5.41, 5.74) is 0.576. The van der Waals surface area contributed by atoms with Crippen molar-refractivity contribution < 1.29 is 9.53 Å². The molecule has 0 aliphatic heterocycles. The van der Waals surface area contributed by atoms with Crippen molar-refractivity contribution in [1.82, 2.24) is 4.98 Å². The Hall–Kier alpha value is -1.29. The summed E-state index contributed by atoms with van der Waals surface area (Å²) in [6, 6.07) is 3.24. The molecule has 1 aromatic heterocycles. The lowest BCUT2D eigenvalue weighted by Gasteiger charge is -2.02. The molecule has 5 heteroatoms. The highest BCUT2D eigenvalue weighted by Crippen LogP contribution is 2.02. The van der Waals surface area contributed by atoms with Crippen LogP contribution in [0.3, 0.4) is 0 Å².